The minimum atomic E-state index is 0.0137. The molecule has 2 fully saturated rings. The van der Waals surface area contributed by atoms with E-state index in [-0.39, 0.29) is 17.5 Å². The van der Waals surface area contributed by atoms with Crippen molar-refractivity contribution in [3.63, 3.8) is 0 Å². The smallest absolute Gasteiger partial charge is 0.306 e. The van der Waals surface area contributed by atoms with Crippen molar-refractivity contribution in [2.24, 2.45) is 5.41 Å². The summed E-state index contributed by atoms with van der Waals surface area (Å²) in [5, 5.41) is 0. The number of hydrogen-bond acceptors (Lipinski definition) is 2. The molecule has 2 nitrogen and oxygen atoms in total. The van der Waals surface area contributed by atoms with E-state index in [9.17, 15) is 4.79 Å². The van der Waals surface area contributed by atoms with Crippen molar-refractivity contribution in [2.45, 2.75) is 44.1 Å². The van der Waals surface area contributed by atoms with Crippen LogP contribution in [0.25, 0.3) is 0 Å². The molecule has 1 aliphatic heterocycles. The van der Waals surface area contributed by atoms with Crippen LogP contribution in [0, 0.1) is 5.41 Å². The Bertz CT molecular complexity index is 449. The lowest BCUT2D eigenvalue weighted by Crippen LogP contribution is -2.35. The molecule has 19 heavy (non-hydrogen) atoms. The van der Waals surface area contributed by atoms with Crippen molar-refractivity contribution in [3.8, 4) is 0 Å². The quantitative estimate of drug-likeness (QED) is 0.446. The van der Waals surface area contributed by atoms with Gasteiger partial charge in [-0.1, -0.05) is 52.9 Å². The van der Waals surface area contributed by atoms with Crippen LogP contribution in [0.3, 0.4) is 0 Å². The molecular formula is C16H19IO2. The molecule has 1 aliphatic carbocycles. The monoisotopic (exact) mass is 370 g/mol. The van der Waals surface area contributed by atoms with Gasteiger partial charge in [0.1, 0.15) is 6.10 Å². The topological polar surface area (TPSA) is 26.3 Å². The molecule has 1 heterocycles. The maximum absolute atomic E-state index is 11.6. The number of esters is 1. The van der Waals surface area contributed by atoms with E-state index in [0.29, 0.717) is 12.3 Å². The summed E-state index contributed by atoms with van der Waals surface area (Å²) < 4.78 is 6.43. The third-order valence-corrected chi connectivity index (χ3v) is 5.65. The number of ether oxygens (including phenoxy) is 1. The Labute approximate surface area is 128 Å². The SMILES string of the molecule is O=C1CC2(CCC(c3ccccc3)CC2)C(CI)O1. The molecule has 102 valence electrons. The van der Waals surface area contributed by atoms with Crippen molar-refractivity contribution in [1.82, 2.24) is 0 Å². The van der Waals surface area contributed by atoms with Crippen LogP contribution < -0.4 is 0 Å². The van der Waals surface area contributed by atoms with Crippen molar-refractivity contribution < 1.29 is 9.53 Å². The predicted octanol–water partition coefficient (Wildman–Crippen LogP) is 4.08. The zero-order chi connectivity index (χ0) is 13.3. The van der Waals surface area contributed by atoms with Gasteiger partial charge >= 0.3 is 5.97 Å². The summed E-state index contributed by atoms with van der Waals surface area (Å²) in [6, 6.07) is 10.8. The van der Waals surface area contributed by atoms with Gasteiger partial charge in [-0.15, -0.1) is 0 Å². The molecule has 0 amide bonds. The van der Waals surface area contributed by atoms with E-state index < -0.39 is 0 Å². The summed E-state index contributed by atoms with van der Waals surface area (Å²) in [5.41, 5.74) is 1.59. The van der Waals surface area contributed by atoms with Crippen molar-refractivity contribution in [2.75, 3.05) is 4.43 Å². The molecule has 1 atom stereocenters. The van der Waals surface area contributed by atoms with Gasteiger partial charge < -0.3 is 4.74 Å². The maximum atomic E-state index is 11.6. The van der Waals surface area contributed by atoms with Gasteiger partial charge in [-0.3, -0.25) is 4.79 Å². The number of benzene rings is 1. The van der Waals surface area contributed by atoms with Gasteiger partial charge in [0.15, 0.2) is 0 Å². The minimum Gasteiger partial charge on any atom is -0.461 e. The highest BCUT2D eigenvalue weighted by Crippen LogP contribution is 2.51. The molecule has 3 rings (SSSR count). The van der Waals surface area contributed by atoms with Gasteiger partial charge in [0, 0.05) is 9.84 Å². The highest BCUT2D eigenvalue weighted by atomic mass is 127. The third-order valence-electron chi connectivity index (χ3n) is 4.85. The number of cyclic esters (lactones) is 1. The van der Waals surface area contributed by atoms with Gasteiger partial charge in [-0.2, -0.15) is 0 Å². The van der Waals surface area contributed by atoms with Gasteiger partial charge in [-0.25, -0.2) is 0 Å². The van der Waals surface area contributed by atoms with Crippen molar-refractivity contribution >= 4 is 28.6 Å². The lowest BCUT2D eigenvalue weighted by Gasteiger charge is -2.39. The second-order valence-electron chi connectivity index (χ2n) is 5.86. The Morgan fingerprint density at radius 1 is 1.21 bits per heavy atom. The van der Waals surface area contributed by atoms with Crippen LogP contribution in [0.4, 0.5) is 0 Å². The Morgan fingerprint density at radius 2 is 1.89 bits per heavy atom. The van der Waals surface area contributed by atoms with Gasteiger partial charge in [0.05, 0.1) is 6.42 Å². The van der Waals surface area contributed by atoms with E-state index in [1.54, 1.807) is 0 Å². The number of halogens is 1. The summed E-state index contributed by atoms with van der Waals surface area (Å²) >= 11 is 2.35. The summed E-state index contributed by atoms with van der Waals surface area (Å²) in [6.45, 7) is 0. The molecule has 0 radical (unpaired) electrons. The van der Waals surface area contributed by atoms with Crippen LogP contribution >= 0.6 is 22.6 Å². The molecule has 1 aromatic carbocycles. The van der Waals surface area contributed by atoms with Gasteiger partial charge in [0.2, 0.25) is 0 Å². The fraction of sp³-hybridized carbons (Fsp3) is 0.562. The fourth-order valence-electron chi connectivity index (χ4n) is 3.67. The lowest BCUT2D eigenvalue weighted by atomic mass is 9.66. The fourth-order valence-corrected chi connectivity index (χ4v) is 4.79. The average molecular weight is 370 g/mol. The molecule has 3 heteroatoms. The molecule has 0 N–H and O–H groups in total. The van der Waals surface area contributed by atoms with E-state index in [4.69, 9.17) is 4.74 Å². The molecule has 1 spiro atoms. The molecule has 1 aromatic rings. The van der Waals surface area contributed by atoms with Gasteiger partial charge in [-0.05, 0) is 37.2 Å². The summed E-state index contributed by atoms with van der Waals surface area (Å²) in [5.74, 6) is 0.678. The van der Waals surface area contributed by atoms with Crippen LogP contribution in [0.2, 0.25) is 0 Å². The van der Waals surface area contributed by atoms with Gasteiger partial charge in [0.25, 0.3) is 0 Å². The standard InChI is InChI=1S/C16H19IO2/c17-11-14-16(10-15(18)19-14)8-6-13(7-9-16)12-4-2-1-3-5-12/h1-5,13-14H,6-11H2. The van der Waals surface area contributed by atoms with Crippen LogP contribution in [-0.2, 0) is 9.53 Å². The molecular weight excluding hydrogens is 351 g/mol. The number of carbonyl (C=O) groups is 1. The highest BCUT2D eigenvalue weighted by Gasteiger charge is 2.49. The Hall–Kier alpha value is -0.580. The van der Waals surface area contributed by atoms with E-state index in [0.717, 1.165) is 17.3 Å². The van der Waals surface area contributed by atoms with E-state index in [1.165, 1.54) is 18.4 Å². The molecule has 0 aromatic heterocycles. The zero-order valence-corrected chi connectivity index (χ0v) is 13.1. The van der Waals surface area contributed by atoms with E-state index >= 15 is 0 Å². The van der Waals surface area contributed by atoms with E-state index in [2.05, 4.69) is 52.9 Å². The largest absolute Gasteiger partial charge is 0.461 e. The number of carbonyl (C=O) groups excluding carboxylic acids is 1. The van der Waals surface area contributed by atoms with Crippen LogP contribution in [0.5, 0.6) is 0 Å². The Balaban J connectivity index is 1.71. The number of hydrogen-bond donors (Lipinski definition) is 0. The number of alkyl halides is 1. The minimum absolute atomic E-state index is 0.0137. The van der Waals surface area contributed by atoms with Crippen molar-refractivity contribution in [3.05, 3.63) is 35.9 Å². The molecule has 0 bridgehead atoms. The summed E-state index contributed by atoms with van der Waals surface area (Å²) in [4.78, 5) is 11.6. The van der Waals surface area contributed by atoms with E-state index in [1.807, 2.05) is 0 Å². The molecule has 1 unspecified atom stereocenters. The first-order valence-electron chi connectivity index (χ1n) is 7.04. The second kappa shape index (κ2) is 5.43. The second-order valence-corrected chi connectivity index (χ2v) is 6.74. The molecule has 2 aliphatic rings. The van der Waals surface area contributed by atoms with Crippen molar-refractivity contribution in [1.29, 1.82) is 0 Å². The maximum Gasteiger partial charge on any atom is 0.306 e. The summed E-state index contributed by atoms with van der Waals surface area (Å²) in [7, 11) is 0. The predicted molar refractivity (Wildman–Crippen MR) is 83.5 cm³/mol. The number of rotatable bonds is 2. The lowest BCUT2D eigenvalue weighted by molar-refractivity contribution is -0.140. The summed E-state index contributed by atoms with van der Waals surface area (Å²) in [6.07, 6.45) is 5.43. The Morgan fingerprint density at radius 3 is 2.53 bits per heavy atom. The van der Waals surface area contributed by atoms with Crippen LogP contribution in [0.15, 0.2) is 30.3 Å². The molecule has 1 saturated carbocycles. The first-order valence-corrected chi connectivity index (χ1v) is 8.56. The highest BCUT2D eigenvalue weighted by molar-refractivity contribution is 14.1. The van der Waals surface area contributed by atoms with Crippen LogP contribution in [0.1, 0.15) is 43.6 Å². The Kier molecular flexibility index (Phi) is 3.83. The molecule has 1 saturated heterocycles. The normalized spacial score (nSPS) is 34.5. The first kappa shape index (κ1) is 13.4. The third kappa shape index (κ3) is 2.54. The first-order chi connectivity index (χ1) is 9.23. The van der Waals surface area contributed by atoms with Crippen LogP contribution in [-0.4, -0.2) is 16.5 Å². The average Bonchev–Trinajstić information content (AvgIpc) is 2.76. The zero-order valence-electron chi connectivity index (χ0n) is 11.0.